The third kappa shape index (κ3) is 4.19. The van der Waals surface area contributed by atoms with Crippen molar-refractivity contribution in [3.05, 3.63) is 71.9 Å². The maximum atomic E-state index is 13.3. The second-order valence-electron chi connectivity index (χ2n) is 8.45. The summed E-state index contributed by atoms with van der Waals surface area (Å²) in [4.78, 5) is 19.7. The number of fused-ring (bicyclic) bond motifs is 1. The average Bonchev–Trinajstić information content (AvgIpc) is 3.49. The highest BCUT2D eigenvalue weighted by Gasteiger charge is 2.40. The lowest BCUT2D eigenvalue weighted by Crippen LogP contribution is -2.47. The Hall–Kier alpha value is -3.98. The van der Waals surface area contributed by atoms with E-state index in [4.69, 9.17) is 18.6 Å². The number of rotatable bonds is 7. The van der Waals surface area contributed by atoms with Crippen LogP contribution in [-0.2, 0) is 11.3 Å². The summed E-state index contributed by atoms with van der Waals surface area (Å²) >= 11 is 0. The maximum Gasteiger partial charge on any atom is 0.251 e. The van der Waals surface area contributed by atoms with E-state index in [1.54, 1.807) is 44.6 Å². The number of carbonyl (C=O) groups excluding carboxylic acids is 1. The zero-order valence-corrected chi connectivity index (χ0v) is 20.1. The van der Waals surface area contributed by atoms with E-state index < -0.39 is 0 Å². The summed E-state index contributed by atoms with van der Waals surface area (Å²) in [6.45, 7) is 2.16. The quantitative estimate of drug-likeness (QED) is 0.551. The van der Waals surface area contributed by atoms with E-state index in [1.807, 2.05) is 36.3 Å². The first-order chi connectivity index (χ1) is 17.0. The normalized spacial score (nSPS) is 19.1. The van der Waals surface area contributed by atoms with Gasteiger partial charge in [-0.2, -0.15) is 0 Å². The molecule has 3 aromatic rings. The Balaban J connectivity index is 1.35. The summed E-state index contributed by atoms with van der Waals surface area (Å²) in [6, 6.07) is 13.6. The van der Waals surface area contributed by atoms with E-state index >= 15 is 0 Å². The zero-order valence-electron chi connectivity index (χ0n) is 20.1. The largest absolute Gasteiger partial charge is 0.493 e. The summed E-state index contributed by atoms with van der Waals surface area (Å²) in [5.74, 6) is 2.60. The van der Waals surface area contributed by atoms with E-state index in [0.29, 0.717) is 53.1 Å². The fourth-order valence-corrected chi connectivity index (χ4v) is 4.53. The van der Waals surface area contributed by atoms with Gasteiger partial charge in [0.2, 0.25) is 11.6 Å². The number of amides is 1. The fraction of sp³-hybridized carbons (Fsp3) is 0.308. The van der Waals surface area contributed by atoms with Crippen molar-refractivity contribution in [2.75, 3.05) is 21.3 Å². The minimum absolute atomic E-state index is 0.0233. The van der Waals surface area contributed by atoms with Crippen molar-refractivity contribution in [1.29, 1.82) is 0 Å². The van der Waals surface area contributed by atoms with Crippen LogP contribution in [0, 0.1) is 6.92 Å². The summed E-state index contributed by atoms with van der Waals surface area (Å²) in [6.07, 6.45) is 4.38. The molecule has 35 heavy (non-hydrogen) atoms. The predicted octanol–water partition coefficient (Wildman–Crippen LogP) is 3.81. The van der Waals surface area contributed by atoms with Crippen LogP contribution in [0.25, 0.3) is 11.5 Å². The second kappa shape index (κ2) is 9.34. The van der Waals surface area contributed by atoms with E-state index in [0.717, 1.165) is 5.56 Å². The molecule has 0 radical (unpaired) electrons. The van der Waals surface area contributed by atoms with Crippen molar-refractivity contribution >= 4 is 5.91 Å². The first kappa shape index (κ1) is 22.8. The first-order valence-corrected chi connectivity index (χ1v) is 11.4. The highest BCUT2D eigenvalue weighted by molar-refractivity contribution is 5.84. The molecule has 1 amide bonds. The van der Waals surface area contributed by atoms with E-state index in [-0.39, 0.29) is 18.0 Å². The molecule has 3 heterocycles. The molecule has 5 rings (SSSR count). The smallest absolute Gasteiger partial charge is 0.251 e. The Morgan fingerprint density at radius 1 is 1.06 bits per heavy atom. The van der Waals surface area contributed by atoms with Gasteiger partial charge in [0.15, 0.2) is 11.5 Å². The third-order valence-corrected chi connectivity index (χ3v) is 6.40. The molecule has 1 N–H and O–H groups in total. The summed E-state index contributed by atoms with van der Waals surface area (Å²) < 4.78 is 22.3. The number of nitrogens with zero attached hydrogens (tertiary/aromatic N) is 3. The molecule has 1 fully saturated rings. The number of ether oxygens (including phenoxy) is 3. The molecule has 2 atom stereocenters. The van der Waals surface area contributed by atoms with Crippen LogP contribution in [-0.4, -0.2) is 48.2 Å². The summed E-state index contributed by atoms with van der Waals surface area (Å²) in [7, 11) is 4.68. The summed E-state index contributed by atoms with van der Waals surface area (Å²) in [5, 5.41) is 1.90. The molecule has 0 bridgehead atoms. The third-order valence-electron chi connectivity index (χ3n) is 6.40. The van der Waals surface area contributed by atoms with Crippen LogP contribution in [0.1, 0.15) is 29.5 Å². The molecule has 0 spiro atoms. The zero-order chi connectivity index (χ0) is 24.5. The number of nitrogens with one attached hydrogen (secondary N) is 1. The molecule has 1 aromatic heterocycles. The SMILES string of the molecule is COc1cc(-c2nc(CN3C=CN4NC(c5ccccc5)CC4C3=O)c(C)o2)cc(OC)c1OC. The molecular formula is C26H28N4O5. The second-order valence-corrected chi connectivity index (χ2v) is 8.45. The lowest BCUT2D eigenvalue weighted by Gasteiger charge is -2.31. The van der Waals surface area contributed by atoms with Crippen molar-refractivity contribution in [2.45, 2.75) is 32.0 Å². The van der Waals surface area contributed by atoms with Crippen molar-refractivity contribution in [3.63, 3.8) is 0 Å². The summed E-state index contributed by atoms with van der Waals surface area (Å²) in [5.41, 5.74) is 5.96. The lowest BCUT2D eigenvalue weighted by molar-refractivity contribution is -0.135. The van der Waals surface area contributed by atoms with Crippen LogP contribution in [0.15, 0.2) is 59.3 Å². The number of aromatic nitrogens is 1. The Morgan fingerprint density at radius 3 is 2.43 bits per heavy atom. The van der Waals surface area contributed by atoms with E-state index in [1.165, 1.54) is 0 Å². The van der Waals surface area contributed by atoms with E-state index in [9.17, 15) is 4.79 Å². The monoisotopic (exact) mass is 476 g/mol. The van der Waals surface area contributed by atoms with Gasteiger partial charge in [0, 0.05) is 18.0 Å². The van der Waals surface area contributed by atoms with Gasteiger partial charge in [0.25, 0.3) is 5.91 Å². The number of aryl methyl sites for hydroxylation is 1. The first-order valence-electron chi connectivity index (χ1n) is 11.4. The number of oxazole rings is 1. The number of hydrogen-bond acceptors (Lipinski definition) is 8. The van der Waals surface area contributed by atoms with E-state index in [2.05, 4.69) is 22.5 Å². The van der Waals surface area contributed by atoms with Crippen LogP contribution in [0.3, 0.4) is 0 Å². The molecule has 2 aromatic carbocycles. The van der Waals surface area contributed by atoms with Crippen molar-refractivity contribution in [2.24, 2.45) is 0 Å². The predicted molar refractivity (Wildman–Crippen MR) is 129 cm³/mol. The van der Waals surface area contributed by atoms with Crippen LogP contribution in [0.5, 0.6) is 17.2 Å². The highest BCUT2D eigenvalue weighted by Crippen LogP contribution is 2.41. The standard InChI is InChI=1S/C26H28N4O5/c1-16-20(27-25(35-16)18-12-22(32-2)24(34-4)23(13-18)33-3)15-29-10-11-30-21(26(29)31)14-19(28-30)17-8-6-5-7-9-17/h5-13,19,21,28H,14-15H2,1-4H3. The number of hydrogen-bond donors (Lipinski definition) is 1. The Morgan fingerprint density at radius 2 is 1.77 bits per heavy atom. The Bertz CT molecular complexity index is 1230. The molecule has 0 aliphatic carbocycles. The maximum absolute atomic E-state index is 13.3. The van der Waals surface area contributed by atoms with Gasteiger partial charge in [-0.25, -0.2) is 10.4 Å². The number of carbonyl (C=O) groups is 1. The van der Waals surface area contributed by atoms with Gasteiger partial charge in [-0.1, -0.05) is 30.3 Å². The molecule has 9 nitrogen and oxygen atoms in total. The van der Waals surface area contributed by atoms with Gasteiger partial charge in [-0.05, 0) is 31.0 Å². The lowest BCUT2D eigenvalue weighted by atomic mass is 10.0. The molecule has 2 aliphatic rings. The Labute approximate surface area is 203 Å². The van der Waals surface area contributed by atoms with Crippen LogP contribution >= 0.6 is 0 Å². The molecule has 1 saturated heterocycles. The number of methoxy groups -OCH3 is 3. The number of hydrazine groups is 1. The molecule has 2 aliphatic heterocycles. The topological polar surface area (TPSA) is 89.3 Å². The molecule has 9 heteroatoms. The van der Waals surface area contributed by atoms with Crippen LogP contribution in [0.2, 0.25) is 0 Å². The van der Waals surface area contributed by atoms with Gasteiger partial charge in [-0.3, -0.25) is 4.79 Å². The average molecular weight is 477 g/mol. The van der Waals surface area contributed by atoms with Gasteiger partial charge >= 0.3 is 0 Å². The Kier molecular flexibility index (Phi) is 6.08. The van der Waals surface area contributed by atoms with Crippen LogP contribution in [0.4, 0.5) is 0 Å². The fourth-order valence-electron chi connectivity index (χ4n) is 4.53. The van der Waals surface area contributed by atoms with Crippen LogP contribution < -0.4 is 19.6 Å². The van der Waals surface area contributed by atoms with Gasteiger partial charge in [0.1, 0.15) is 17.5 Å². The van der Waals surface area contributed by atoms with Gasteiger partial charge < -0.3 is 28.5 Å². The number of benzene rings is 2. The molecule has 2 unspecified atom stereocenters. The minimum Gasteiger partial charge on any atom is -0.493 e. The molecule has 0 saturated carbocycles. The van der Waals surface area contributed by atoms with Gasteiger partial charge in [-0.15, -0.1) is 0 Å². The minimum atomic E-state index is -0.271. The molecule has 182 valence electrons. The van der Waals surface area contributed by atoms with Crippen molar-refractivity contribution in [3.8, 4) is 28.7 Å². The van der Waals surface area contributed by atoms with Crippen molar-refractivity contribution < 1.29 is 23.4 Å². The van der Waals surface area contributed by atoms with Gasteiger partial charge in [0.05, 0.1) is 33.9 Å². The van der Waals surface area contributed by atoms with Crippen molar-refractivity contribution in [1.82, 2.24) is 20.3 Å². The molecular weight excluding hydrogens is 448 g/mol. The highest BCUT2D eigenvalue weighted by atomic mass is 16.5.